The molecule has 10 heteroatoms. The molecular formula is C9H9N8RaRb. The molecular weight excluding hydrogens is 532 g/mol. The molecule has 0 fully saturated rings. The Kier molecular flexibility index (Phi) is 5.51. The summed E-state index contributed by atoms with van der Waals surface area (Å²) in [6, 6.07) is 2.09. The standard InChI is InChI=1S/C9H8N8.Ra.Rb.H/c1-5-6(3-10)9(17(2)16-5)15-13-7-4-12-14-8(7)11;;;/h1-2H3,(H2-,11,12,14);;;/q-1;;+1;. The average Bonchev–Trinajstić information content (AvgIpc) is 2.75. The van der Waals surface area contributed by atoms with Crippen molar-refractivity contribution in [3.8, 4) is 6.07 Å². The Bertz CT molecular complexity index is 707. The summed E-state index contributed by atoms with van der Waals surface area (Å²) in [6.45, 7) is 1.77. The Labute approximate surface area is 178 Å². The van der Waals surface area contributed by atoms with E-state index >= 15 is 0 Å². The minimum atomic E-state index is 0.0521. The van der Waals surface area contributed by atoms with E-state index in [1.54, 1.807) is 17.1 Å². The summed E-state index contributed by atoms with van der Waals surface area (Å²) in [5.41, 5.74) is 7.67. The minimum absolute atomic E-state index is 0.0521. The van der Waals surface area contributed by atoms with Crippen molar-refractivity contribution in [1.29, 1.82) is 5.26 Å². The first-order valence-electron chi connectivity index (χ1n) is 5.60. The van der Waals surface area contributed by atoms with Crippen LogP contribution in [0, 0.1) is 61.0 Å². The molecule has 2 aromatic heterocycles. The molecule has 0 amide bonds. The van der Waals surface area contributed by atoms with Crippen molar-refractivity contribution < 1.29 is 42.8 Å². The molecule has 19 heavy (non-hydrogen) atoms. The fourth-order valence-electron chi connectivity index (χ4n) is 1.78. The maximum absolute atomic E-state index is 9.10. The second kappa shape index (κ2) is 6.56. The van der Waals surface area contributed by atoms with Crippen LogP contribution in [0.25, 0.3) is 0 Å². The molecule has 0 atom stereocenters. The third kappa shape index (κ3) is 3.26. The van der Waals surface area contributed by atoms with Crippen LogP contribution in [0.2, 0.25) is 0 Å². The quantitative estimate of drug-likeness (QED) is 0.525. The van der Waals surface area contributed by atoms with Gasteiger partial charge in [0, 0.05) is 0 Å². The number of hydrogen-bond acceptors (Lipinski definition) is 6. The van der Waals surface area contributed by atoms with Crippen LogP contribution in [-0.2, 0) is 7.05 Å². The van der Waals surface area contributed by atoms with Crippen LogP contribution in [-0.4, -0.2) is 69.3 Å². The van der Waals surface area contributed by atoms with Crippen molar-refractivity contribution in [3.05, 3.63) is 11.3 Å². The zero-order chi connectivity index (χ0) is 14.2. The number of anilines is 1. The molecule has 0 aliphatic heterocycles. The van der Waals surface area contributed by atoms with Gasteiger partial charge in [0.25, 0.3) is 0 Å². The SMILES string of the molecule is Cc1nn(C)c(N=Nc2[c]([RaH])n[n]([Rb])c2N)c1C#N. The predicted octanol–water partition coefficient (Wildman–Crippen LogP) is -0.367. The van der Waals surface area contributed by atoms with Crippen molar-refractivity contribution in [2.24, 2.45) is 17.3 Å². The first-order valence-corrected chi connectivity index (χ1v) is 11.9. The summed E-state index contributed by atoms with van der Waals surface area (Å²) in [7, 11) is 1.73. The van der Waals surface area contributed by atoms with Crippen LogP contribution < -0.4 is 6.47 Å². The van der Waals surface area contributed by atoms with E-state index < -0.39 is 0 Å². The van der Waals surface area contributed by atoms with Gasteiger partial charge in [-0.05, 0) is 0 Å². The number of azo groups is 1. The van der Waals surface area contributed by atoms with Gasteiger partial charge >= 0.3 is 183 Å². The fraction of sp³-hybridized carbons (Fsp3) is 0.222. The molecule has 0 saturated heterocycles. The van der Waals surface area contributed by atoms with E-state index in [9.17, 15) is 0 Å². The molecule has 2 heterocycles. The van der Waals surface area contributed by atoms with Gasteiger partial charge in [0.1, 0.15) is 0 Å². The van der Waals surface area contributed by atoms with E-state index in [0.717, 1.165) is 0.735 Å². The number of nitriles is 1. The summed E-state index contributed by atoms with van der Waals surface area (Å²) in [4.78, 5) is 0. The summed E-state index contributed by atoms with van der Waals surface area (Å²) < 4.78 is 4.31. The first-order chi connectivity index (χ1) is 8.95. The fourth-order valence-corrected chi connectivity index (χ4v) is 9.77. The molecule has 88 valence electrons. The number of aryl methyl sites for hydroxylation is 2. The van der Waals surface area contributed by atoms with Gasteiger partial charge in [-0.15, -0.1) is 0 Å². The number of hydrogen-bond donors (Lipinski definition) is 1. The van der Waals surface area contributed by atoms with Crippen LogP contribution in [0.1, 0.15) is 11.3 Å². The molecule has 2 aromatic rings. The average molecular weight is 541 g/mol. The predicted molar refractivity (Wildman–Crippen MR) is 65.7 cm³/mol. The van der Waals surface area contributed by atoms with Crippen molar-refractivity contribution in [1.82, 2.24) is 13.3 Å². The van der Waals surface area contributed by atoms with E-state index in [2.05, 4.69) is 26.5 Å². The summed E-state index contributed by atoms with van der Waals surface area (Å²) in [5, 5.41) is 25.9. The molecule has 0 spiro atoms. The topological polar surface area (TPSA) is 110 Å². The monoisotopic (exact) mass is 540 g/mol. The number of aromatic nitrogens is 4. The van der Waals surface area contributed by atoms with E-state index in [4.69, 9.17) is 11.0 Å². The van der Waals surface area contributed by atoms with Crippen LogP contribution in [0.15, 0.2) is 10.2 Å². The number of nitrogens with two attached hydrogens (primary N) is 1. The molecule has 0 radical (unpaired) electrons. The molecule has 0 saturated carbocycles. The van der Waals surface area contributed by atoms with E-state index in [-0.39, 0.29) is 98.8 Å². The number of nitrogens with zero attached hydrogens (tertiary/aromatic N) is 7. The Morgan fingerprint density at radius 3 is 2.63 bits per heavy atom. The molecule has 0 aliphatic rings. The van der Waals surface area contributed by atoms with Gasteiger partial charge in [0.15, 0.2) is 0 Å². The number of nitrogen functional groups attached to an aromatic ring is 1. The molecule has 2 rings (SSSR count). The Hall–Kier alpha value is 0.583. The molecule has 0 aromatic carbocycles. The van der Waals surface area contributed by atoms with E-state index in [1.165, 1.54) is 0 Å². The van der Waals surface area contributed by atoms with Crippen LogP contribution in [0.5, 0.6) is 0 Å². The van der Waals surface area contributed by atoms with Gasteiger partial charge in [-0.3, -0.25) is 0 Å². The zero-order valence-corrected chi connectivity index (χ0v) is 24.3. The summed E-state index contributed by atoms with van der Waals surface area (Å²) >= 11 is 0.235. The van der Waals surface area contributed by atoms with Gasteiger partial charge < -0.3 is 0 Å². The Morgan fingerprint density at radius 2 is 2.11 bits per heavy atom. The summed E-state index contributed by atoms with van der Waals surface area (Å²) in [6.07, 6.45) is 0. The third-order valence-electron chi connectivity index (χ3n) is 2.78. The van der Waals surface area contributed by atoms with Crippen LogP contribution in [0.4, 0.5) is 17.3 Å². The van der Waals surface area contributed by atoms with Crippen molar-refractivity contribution in [2.45, 2.75) is 6.92 Å². The molecule has 0 unspecified atom stereocenters. The van der Waals surface area contributed by atoms with Gasteiger partial charge in [-0.25, -0.2) is 0 Å². The van der Waals surface area contributed by atoms with E-state index in [1.807, 2.05) is 0 Å². The van der Waals surface area contributed by atoms with Crippen LogP contribution >= 0.6 is 0 Å². The molecule has 0 bridgehead atoms. The molecule has 8 nitrogen and oxygen atoms in total. The molecule has 2 N–H and O–H groups in total. The Morgan fingerprint density at radius 1 is 1.42 bits per heavy atom. The second-order valence-electron chi connectivity index (χ2n) is 4.16. The van der Waals surface area contributed by atoms with Gasteiger partial charge in [0.2, 0.25) is 0 Å². The van der Waals surface area contributed by atoms with Crippen molar-refractivity contribution in [3.63, 3.8) is 0 Å². The Balaban J connectivity index is 2.47. The third-order valence-corrected chi connectivity index (χ3v) is 7.23. The van der Waals surface area contributed by atoms with Gasteiger partial charge in [0.05, 0.1) is 0 Å². The summed E-state index contributed by atoms with van der Waals surface area (Å²) in [5.74, 6) is 1.03. The normalized spacial score (nSPS) is 11.1. The maximum atomic E-state index is 9.10. The van der Waals surface area contributed by atoms with Crippen LogP contribution in [0.3, 0.4) is 0 Å². The van der Waals surface area contributed by atoms with Gasteiger partial charge in [-0.1, -0.05) is 0 Å². The second-order valence-corrected chi connectivity index (χ2v) is 10.1. The number of rotatable bonds is 2. The van der Waals surface area contributed by atoms with Gasteiger partial charge in [-0.2, -0.15) is 0 Å². The van der Waals surface area contributed by atoms with Crippen molar-refractivity contribution >= 4 is 74.1 Å². The molecule has 0 aliphatic carbocycles. The zero-order valence-electron chi connectivity index (χ0n) is 11.2. The first kappa shape index (κ1) is 16.0. The van der Waals surface area contributed by atoms with Crippen molar-refractivity contribution in [2.75, 3.05) is 5.73 Å². The van der Waals surface area contributed by atoms with E-state index in [0.29, 0.717) is 28.6 Å².